The topological polar surface area (TPSA) is 21.7 Å². The summed E-state index contributed by atoms with van der Waals surface area (Å²) in [6.07, 6.45) is 3.98. The van der Waals surface area contributed by atoms with E-state index in [0.29, 0.717) is 0 Å². The third-order valence-electron chi connectivity index (χ3n) is 7.88. The summed E-state index contributed by atoms with van der Waals surface area (Å²) < 4.78 is 11.8. The summed E-state index contributed by atoms with van der Waals surface area (Å²) in [5.41, 5.74) is 3.75. The van der Waals surface area contributed by atoms with Gasteiger partial charge in [0.1, 0.15) is 18.1 Å². The van der Waals surface area contributed by atoms with Crippen LogP contribution in [0.2, 0.25) is 0 Å². The fourth-order valence-electron chi connectivity index (χ4n) is 5.93. The smallest absolute Gasteiger partial charge is 0.119 e. The van der Waals surface area contributed by atoms with Crippen molar-refractivity contribution in [3.8, 4) is 11.5 Å². The number of likely N-dealkylation sites (tertiary alicyclic amines) is 1. The molecular formula is C35H36ClNO2. The largest absolute Gasteiger partial charge is 0.497 e. The van der Waals surface area contributed by atoms with E-state index in [-0.39, 0.29) is 18.3 Å². The molecule has 0 N–H and O–H groups in total. The number of rotatable bonds is 8. The highest BCUT2D eigenvalue weighted by molar-refractivity contribution is 6.09. The van der Waals surface area contributed by atoms with Gasteiger partial charge in [-0.05, 0) is 94.5 Å². The van der Waals surface area contributed by atoms with Crippen molar-refractivity contribution in [1.82, 2.24) is 4.90 Å². The van der Waals surface area contributed by atoms with Crippen LogP contribution in [0, 0.1) is 0 Å². The minimum Gasteiger partial charge on any atom is -0.497 e. The molecule has 0 radical (unpaired) electrons. The number of fused-ring (bicyclic) bond motifs is 3. The van der Waals surface area contributed by atoms with Crippen molar-refractivity contribution in [1.29, 1.82) is 0 Å². The molecule has 0 amide bonds. The fourth-order valence-corrected chi connectivity index (χ4v) is 5.93. The molecule has 0 aromatic heterocycles. The molecule has 6 rings (SSSR count). The molecule has 0 spiro atoms. The maximum Gasteiger partial charge on any atom is 0.119 e. The monoisotopic (exact) mass is 537 g/mol. The first-order valence-corrected chi connectivity index (χ1v) is 13.8. The van der Waals surface area contributed by atoms with Crippen LogP contribution in [0.5, 0.6) is 11.5 Å². The molecule has 200 valence electrons. The predicted octanol–water partition coefficient (Wildman–Crippen LogP) is 8.47. The minimum atomic E-state index is 0. The zero-order valence-corrected chi connectivity index (χ0v) is 23.3. The second-order valence-corrected chi connectivity index (χ2v) is 10.3. The highest BCUT2D eigenvalue weighted by atomic mass is 35.5. The molecule has 5 aromatic carbocycles. The average molecular weight is 538 g/mol. The Hall–Kier alpha value is -3.53. The third-order valence-corrected chi connectivity index (χ3v) is 7.88. The number of hydrogen-bond donors (Lipinski definition) is 0. The lowest BCUT2D eigenvalue weighted by Crippen LogP contribution is -2.33. The lowest BCUT2D eigenvalue weighted by molar-refractivity contribution is 0.183. The van der Waals surface area contributed by atoms with Gasteiger partial charge < -0.3 is 9.47 Å². The summed E-state index contributed by atoms with van der Waals surface area (Å²) in [4.78, 5) is 2.52. The van der Waals surface area contributed by atoms with Gasteiger partial charge >= 0.3 is 0 Å². The second kappa shape index (κ2) is 12.5. The first kappa shape index (κ1) is 27.1. The van der Waals surface area contributed by atoms with Gasteiger partial charge in [-0.25, -0.2) is 0 Å². The summed E-state index contributed by atoms with van der Waals surface area (Å²) in [6, 6.07) is 37.0. The van der Waals surface area contributed by atoms with Gasteiger partial charge in [0.15, 0.2) is 0 Å². The molecule has 1 aliphatic rings. The molecule has 0 bridgehead atoms. The van der Waals surface area contributed by atoms with Crippen LogP contribution < -0.4 is 9.47 Å². The number of piperidine rings is 1. The SMILES string of the molecule is COc1cccc(C(c2ccc(OCCN3CCCCC3)cc2)c2cc3ccccc3c3ccccc23)c1.Cl. The van der Waals surface area contributed by atoms with Crippen molar-refractivity contribution >= 4 is 34.0 Å². The molecule has 4 heteroatoms. The molecule has 1 heterocycles. The first-order chi connectivity index (χ1) is 18.8. The van der Waals surface area contributed by atoms with E-state index in [4.69, 9.17) is 9.47 Å². The zero-order valence-electron chi connectivity index (χ0n) is 22.5. The van der Waals surface area contributed by atoms with Gasteiger partial charge in [-0.1, -0.05) is 79.2 Å². The van der Waals surface area contributed by atoms with E-state index in [1.807, 2.05) is 6.07 Å². The Labute approximate surface area is 237 Å². The maximum absolute atomic E-state index is 6.16. The van der Waals surface area contributed by atoms with E-state index >= 15 is 0 Å². The highest BCUT2D eigenvalue weighted by Gasteiger charge is 2.21. The van der Waals surface area contributed by atoms with Crippen LogP contribution in [0.25, 0.3) is 21.5 Å². The van der Waals surface area contributed by atoms with Crippen molar-refractivity contribution in [3.05, 3.63) is 120 Å². The average Bonchev–Trinajstić information content (AvgIpc) is 2.99. The number of benzene rings is 5. The van der Waals surface area contributed by atoms with Gasteiger partial charge in [-0.3, -0.25) is 4.90 Å². The molecule has 0 aliphatic carbocycles. The number of halogens is 1. The molecule has 1 atom stereocenters. The van der Waals surface area contributed by atoms with Crippen LogP contribution in [-0.4, -0.2) is 38.3 Å². The lowest BCUT2D eigenvalue weighted by Gasteiger charge is -2.26. The van der Waals surface area contributed by atoms with E-state index in [0.717, 1.165) is 24.7 Å². The Morgan fingerprint density at radius 1 is 0.667 bits per heavy atom. The van der Waals surface area contributed by atoms with Gasteiger partial charge in [0.25, 0.3) is 0 Å². The Balaban J connectivity index is 0.00000308. The molecule has 1 aliphatic heterocycles. The van der Waals surface area contributed by atoms with Crippen molar-refractivity contribution in [2.75, 3.05) is 33.4 Å². The van der Waals surface area contributed by atoms with E-state index < -0.39 is 0 Å². The van der Waals surface area contributed by atoms with E-state index in [2.05, 4.69) is 102 Å². The van der Waals surface area contributed by atoms with Gasteiger partial charge in [0.2, 0.25) is 0 Å². The minimum absolute atomic E-state index is 0. The summed E-state index contributed by atoms with van der Waals surface area (Å²) >= 11 is 0. The molecular weight excluding hydrogens is 502 g/mol. The fraction of sp³-hybridized carbons (Fsp3) is 0.257. The zero-order chi connectivity index (χ0) is 25.7. The molecule has 1 fully saturated rings. The molecule has 5 aromatic rings. The maximum atomic E-state index is 6.16. The molecule has 3 nitrogen and oxygen atoms in total. The quantitative estimate of drug-likeness (QED) is 0.146. The van der Waals surface area contributed by atoms with Gasteiger partial charge in [-0.15, -0.1) is 12.4 Å². The first-order valence-electron chi connectivity index (χ1n) is 13.8. The van der Waals surface area contributed by atoms with E-state index in [9.17, 15) is 0 Å². The van der Waals surface area contributed by atoms with E-state index in [1.54, 1.807) is 7.11 Å². The van der Waals surface area contributed by atoms with Crippen LogP contribution in [0.3, 0.4) is 0 Å². The standard InChI is InChI=1S/C35H35NO2.ClH/c1-37-30-12-9-11-28(24-30)35(26-16-18-29(19-17-26)38-23-22-36-20-7-2-8-21-36)34-25-27-10-3-4-13-31(27)32-14-5-6-15-33(32)34;/h3-6,9-19,24-25,35H,2,7-8,20-23H2,1H3;1H. The van der Waals surface area contributed by atoms with Crippen LogP contribution in [0.1, 0.15) is 41.9 Å². The number of methoxy groups -OCH3 is 1. The highest BCUT2D eigenvalue weighted by Crippen LogP contribution is 2.40. The summed E-state index contributed by atoms with van der Waals surface area (Å²) in [7, 11) is 1.73. The third kappa shape index (κ3) is 5.90. The van der Waals surface area contributed by atoms with Crippen LogP contribution in [0.4, 0.5) is 0 Å². The van der Waals surface area contributed by atoms with Crippen molar-refractivity contribution in [2.24, 2.45) is 0 Å². The number of ether oxygens (including phenoxy) is 2. The van der Waals surface area contributed by atoms with Gasteiger partial charge in [-0.2, -0.15) is 0 Å². The normalized spacial score (nSPS) is 14.6. The number of nitrogens with zero attached hydrogens (tertiary/aromatic N) is 1. The van der Waals surface area contributed by atoms with Gasteiger partial charge in [0.05, 0.1) is 7.11 Å². The molecule has 1 unspecified atom stereocenters. The van der Waals surface area contributed by atoms with E-state index in [1.165, 1.54) is 70.6 Å². The molecule has 1 saturated heterocycles. The van der Waals surface area contributed by atoms with Gasteiger partial charge in [0, 0.05) is 12.5 Å². The summed E-state index contributed by atoms with van der Waals surface area (Å²) in [5, 5.41) is 5.10. The van der Waals surface area contributed by atoms with Crippen LogP contribution in [0.15, 0.2) is 103 Å². The number of hydrogen-bond acceptors (Lipinski definition) is 3. The predicted molar refractivity (Wildman–Crippen MR) is 165 cm³/mol. The van der Waals surface area contributed by atoms with Crippen molar-refractivity contribution in [2.45, 2.75) is 25.2 Å². The van der Waals surface area contributed by atoms with Crippen molar-refractivity contribution < 1.29 is 9.47 Å². The Kier molecular flexibility index (Phi) is 8.71. The Morgan fingerprint density at radius 3 is 2.15 bits per heavy atom. The van der Waals surface area contributed by atoms with Crippen LogP contribution in [-0.2, 0) is 0 Å². The second-order valence-electron chi connectivity index (χ2n) is 10.3. The molecule has 39 heavy (non-hydrogen) atoms. The Morgan fingerprint density at radius 2 is 1.38 bits per heavy atom. The lowest BCUT2D eigenvalue weighted by atomic mass is 9.81. The van der Waals surface area contributed by atoms with Crippen molar-refractivity contribution in [3.63, 3.8) is 0 Å². The molecule has 0 saturated carbocycles. The summed E-state index contributed by atoms with van der Waals surface area (Å²) in [5.74, 6) is 1.86. The Bertz CT molecular complexity index is 1530. The van der Waals surface area contributed by atoms with Crippen LogP contribution >= 0.6 is 12.4 Å². The summed E-state index contributed by atoms with van der Waals surface area (Å²) in [6.45, 7) is 4.12.